The smallest absolute Gasteiger partial charge is 0.295 e. The van der Waals surface area contributed by atoms with Crippen LogP contribution in [0.1, 0.15) is 35.0 Å². The van der Waals surface area contributed by atoms with E-state index >= 15 is 0 Å². The highest BCUT2D eigenvalue weighted by atomic mass is 16.5. The molecule has 9 nitrogen and oxygen atoms in total. The van der Waals surface area contributed by atoms with Crippen molar-refractivity contribution in [2.75, 3.05) is 39.4 Å². The molecule has 1 atom stereocenters. The first kappa shape index (κ1) is 21.2. The first-order valence-electron chi connectivity index (χ1n) is 10.5. The van der Waals surface area contributed by atoms with Crippen LogP contribution in [0, 0.1) is 13.8 Å². The van der Waals surface area contributed by atoms with E-state index in [1.54, 1.807) is 37.2 Å². The molecule has 4 rings (SSSR count). The maximum Gasteiger partial charge on any atom is 0.295 e. The van der Waals surface area contributed by atoms with Crippen molar-refractivity contribution in [3.8, 4) is 0 Å². The van der Waals surface area contributed by atoms with Gasteiger partial charge in [0.2, 0.25) is 0 Å². The van der Waals surface area contributed by atoms with Gasteiger partial charge in [0, 0.05) is 44.3 Å². The molecule has 164 valence electrons. The summed E-state index contributed by atoms with van der Waals surface area (Å²) in [5, 5.41) is 18.1. The van der Waals surface area contributed by atoms with Gasteiger partial charge in [-0.15, -0.1) is 0 Å². The molecule has 1 unspecified atom stereocenters. The Bertz CT molecular complexity index is 975. The van der Waals surface area contributed by atoms with E-state index in [9.17, 15) is 14.7 Å². The zero-order valence-electron chi connectivity index (χ0n) is 17.8. The fourth-order valence-electron chi connectivity index (χ4n) is 4.32. The molecule has 2 aromatic heterocycles. The number of ether oxygens (including phenoxy) is 1. The summed E-state index contributed by atoms with van der Waals surface area (Å²) in [6.45, 7) is 7.89. The van der Waals surface area contributed by atoms with Crippen LogP contribution in [0.2, 0.25) is 0 Å². The largest absolute Gasteiger partial charge is 0.507 e. The fraction of sp³-hybridized carbons (Fsp3) is 0.455. The van der Waals surface area contributed by atoms with E-state index in [0.717, 1.165) is 19.6 Å². The average molecular weight is 425 g/mol. The van der Waals surface area contributed by atoms with Crippen LogP contribution in [0.4, 0.5) is 0 Å². The van der Waals surface area contributed by atoms with Gasteiger partial charge in [-0.05, 0) is 31.9 Å². The van der Waals surface area contributed by atoms with E-state index in [1.165, 1.54) is 0 Å². The number of Topliss-reactive ketones (excluding diaryl/α,β-unsaturated/α-hetero) is 1. The number of aromatic amines is 1. The second-order valence-corrected chi connectivity index (χ2v) is 7.90. The molecule has 1 amide bonds. The van der Waals surface area contributed by atoms with Crippen LogP contribution in [-0.4, -0.2) is 81.2 Å². The van der Waals surface area contributed by atoms with Gasteiger partial charge in [0.1, 0.15) is 5.76 Å². The summed E-state index contributed by atoms with van der Waals surface area (Å²) in [6, 6.07) is 2.89. The molecule has 4 heterocycles. The van der Waals surface area contributed by atoms with Crippen LogP contribution in [-0.2, 0) is 14.3 Å². The molecule has 2 N–H and O–H groups in total. The van der Waals surface area contributed by atoms with Gasteiger partial charge in [0.05, 0.1) is 36.1 Å². The van der Waals surface area contributed by atoms with Crippen molar-refractivity contribution in [3.05, 3.63) is 52.6 Å². The number of hydrogen-bond acceptors (Lipinski definition) is 7. The molecule has 31 heavy (non-hydrogen) atoms. The number of likely N-dealkylation sites (tertiary alicyclic amines) is 1. The molecule has 0 radical (unpaired) electrons. The topological polar surface area (TPSA) is 112 Å². The lowest BCUT2D eigenvalue weighted by Gasteiger charge is -2.29. The van der Waals surface area contributed by atoms with Gasteiger partial charge >= 0.3 is 0 Å². The Morgan fingerprint density at radius 1 is 1.26 bits per heavy atom. The standard InChI is InChI=1S/C22H27N5O4/c1-14-17(15(2)25-24-14)20(28)18-19(16-5-3-6-23-13-16)27(22(30)21(18)29)8-4-7-26-9-11-31-12-10-26/h3,5-6,13,19,28H,4,7-12H2,1-2H3,(H,24,25)/b20-18+. The third kappa shape index (κ3) is 4.11. The normalized spacial score (nSPS) is 21.7. The lowest BCUT2D eigenvalue weighted by atomic mass is 9.95. The van der Waals surface area contributed by atoms with Crippen molar-refractivity contribution >= 4 is 17.4 Å². The van der Waals surface area contributed by atoms with Crippen molar-refractivity contribution < 1.29 is 19.4 Å². The van der Waals surface area contributed by atoms with E-state index in [4.69, 9.17) is 4.74 Å². The van der Waals surface area contributed by atoms with E-state index in [2.05, 4.69) is 20.1 Å². The summed E-state index contributed by atoms with van der Waals surface area (Å²) in [5.74, 6) is -1.49. The van der Waals surface area contributed by atoms with Gasteiger partial charge in [-0.1, -0.05) is 6.07 Å². The van der Waals surface area contributed by atoms with Crippen LogP contribution in [0.15, 0.2) is 30.1 Å². The van der Waals surface area contributed by atoms with Crippen molar-refractivity contribution in [2.24, 2.45) is 0 Å². The number of ketones is 1. The fourth-order valence-corrected chi connectivity index (χ4v) is 4.32. The lowest BCUT2D eigenvalue weighted by molar-refractivity contribution is -0.140. The van der Waals surface area contributed by atoms with E-state index in [1.807, 2.05) is 6.07 Å². The second kappa shape index (κ2) is 8.99. The number of aromatic nitrogens is 3. The van der Waals surface area contributed by atoms with Crippen LogP contribution < -0.4 is 0 Å². The van der Waals surface area contributed by atoms with Crippen molar-refractivity contribution in [3.63, 3.8) is 0 Å². The molecule has 0 saturated carbocycles. The molecule has 0 spiro atoms. The highest BCUT2D eigenvalue weighted by molar-refractivity contribution is 6.46. The predicted molar refractivity (Wildman–Crippen MR) is 113 cm³/mol. The van der Waals surface area contributed by atoms with Crippen molar-refractivity contribution in [2.45, 2.75) is 26.3 Å². The Balaban J connectivity index is 1.67. The summed E-state index contributed by atoms with van der Waals surface area (Å²) in [6.07, 6.45) is 3.99. The lowest BCUT2D eigenvalue weighted by Crippen LogP contribution is -2.39. The zero-order valence-corrected chi connectivity index (χ0v) is 17.8. The summed E-state index contributed by atoms with van der Waals surface area (Å²) < 4.78 is 5.38. The summed E-state index contributed by atoms with van der Waals surface area (Å²) >= 11 is 0. The Morgan fingerprint density at radius 3 is 2.68 bits per heavy atom. The number of aliphatic hydroxyl groups excluding tert-OH is 1. The molecule has 2 aliphatic heterocycles. The Hall–Kier alpha value is -3.04. The Morgan fingerprint density at radius 2 is 2.03 bits per heavy atom. The van der Waals surface area contributed by atoms with Crippen LogP contribution in [0.5, 0.6) is 0 Å². The monoisotopic (exact) mass is 425 g/mol. The highest BCUT2D eigenvalue weighted by Gasteiger charge is 2.46. The molecular formula is C22H27N5O4. The number of nitrogens with one attached hydrogen (secondary N) is 1. The predicted octanol–water partition coefficient (Wildman–Crippen LogP) is 1.57. The highest BCUT2D eigenvalue weighted by Crippen LogP contribution is 2.39. The maximum atomic E-state index is 13.0. The number of pyridine rings is 1. The van der Waals surface area contributed by atoms with E-state index in [-0.39, 0.29) is 11.3 Å². The number of rotatable bonds is 6. The minimum Gasteiger partial charge on any atom is -0.507 e. The molecule has 2 aromatic rings. The second-order valence-electron chi connectivity index (χ2n) is 7.90. The first-order chi connectivity index (χ1) is 15.0. The number of nitrogens with zero attached hydrogens (tertiary/aromatic N) is 4. The van der Waals surface area contributed by atoms with Gasteiger partial charge in [-0.2, -0.15) is 5.10 Å². The maximum absolute atomic E-state index is 13.0. The number of morpholine rings is 1. The number of hydrogen-bond donors (Lipinski definition) is 2. The molecule has 2 aliphatic rings. The third-order valence-electron chi connectivity index (χ3n) is 5.88. The quantitative estimate of drug-likeness (QED) is 0.410. The number of amides is 1. The van der Waals surface area contributed by atoms with Crippen LogP contribution in [0.3, 0.4) is 0 Å². The van der Waals surface area contributed by atoms with Crippen molar-refractivity contribution in [1.29, 1.82) is 0 Å². The van der Waals surface area contributed by atoms with Gasteiger partial charge in [0.15, 0.2) is 0 Å². The molecular weight excluding hydrogens is 398 g/mol. The molecule has 2 fully saturated rings. The Labute approximate surface area is 180 Å². The third-order valence-corrected chi connectivity index (χ3v) is 5.88. The summed E-state index contributed by atoms with van der Waals surface area (Å²) in [5.41, 5.74) is 2.43. The Kier molecular flexibility index (Phi) is 6.15. The molecule has 0 aliphatic carbocycles. The SMILES string of the molecule is Cc1n[nH]c(C)c1/C(O)=C1\C(=O)C(=O)N(CCCN2CCOCC2)C1c1cccnc1. The minimum atomic E-state index is -0.688. The van der Waals surface area contributed by atoms with Gasteiger partial charge in [-0.3, -0.25) is 24.6 Å². The summed E-state index contributed by atoms with van der Waals surface area (Å²) in [4.78, 5) is 34.0. The van der Waals surface area contributed by atoms with Crippen molar-refractivity contribution in [1.82, 2.24) is 25.0 Å². The number of H-pyrrole nitrogens is 1. The number of aryl methyl sites for hydroxylation is 2. The molecule has 0 aromatic carbocycles. The number of aliphatic hydroxyl groups is 1. The van der Waals surface area contributed by atoms with Gasteiger partial charge in [0.25, 0.3) is 11.7 Å². The van der Waals surface area contributed by atoms with E-state index in [0.29, 0.717) is 48.7 Å². The summed E-state index contributed by atoms with van der Waals surface area (Å²) in [7, 11) is 0. The van der Waals surface area contributed by atoms with Crippen LogP contribution >= 0.6 is 0 Å². The number of carbonyl (C=O) groups is 2. The first-order valence-corrected chi connectivity index (χ1v) is 10.5. The molecule has 2 saturated heterocycles. The molecule has 0 bridgehead atoms. The average Bonchev–Trinajstić information content (AvgIpc) is 3.25. The van der Waals surface area contributed by atoms with Crippen LogP contribution in [0.25, 0.3) is 5.76 Å². The van der Waals surface area contributed by atoms with Gasteiger partial charge in [-0.25, -0.2) is 0 Å². The van der Waals surface area contributed by atoms with E-state index < -0.39 is 17.7 Å². The zero-order chi connectivity index (χ0) is 22.0. The van der Waals surface area contributed by atoms with Gasteiger partial charge < -0.3 is 14.7 Å². The number of carbonyl (C=O) groups excluding carboxylic acids is 2. The minimum absolute atomic E-state index is 0.0805. The molecule has 9 heteroatoms.